The highest BCUT2D eigenvalue weighted by atomic mass is 35.5. The van der Waals surface area contributed by atoms with Gasteiger partial charge in [0.25, 0.3) is 0 Å². The minimum atomic E-state index is -0.136. The molecule has 2 aromatic rings. The van der Waals surface area contributed by atoms with Crippen LogP contribution in [0.2, 0.25) is 5.02 Å². The second-order valence-electron chi connectivity index (χ2n) is 7.11. The predicted octanol–water partition coefficient (Wildman–Crippen LogP) is 4.72. The summed E-state index contributed by atoms with van der Waals surface area (Å²) in [6.07, 6.45) is 0.774. The molecule has 3 rings (SSSR count). The van der Waals surface area contributed by atoms with E-state index in [0.717, 1.165) is 22.9 Å². The van der Waals surface area contributed by atoms with Gasteiger partial charge in [-0.25, -0.2) is 0 Å². The Morgan fingerprint density at radius 1 is 1.21 bits per heavy atom. The molecule has 1 saturated heterocycles. The van der Waals surface area contributed by atoms with Crippen molar-refractivity contribution in [2.45, 2.75) is 23.3 Å². The molecule has 1 aliphatic rings. The molecule has 1 heterocycles. The zero-order chi connectivity index (χ0) is 20.1. The van der Waals surface area contributed by atoms with Gasteiger partial charge in [-0.15, -0.1) is 11.8 Å². The van der Waals surface area contributed by atoms with Crippen LogP contribution >= 0.6 is 23.4 Å². The Kier molecular flexibility index (Phi) is 7.27. The van der Waals surface area contributed by atoms with Gasteiger partial charge in [0.1, 0.15) is 5.75 Å². The summed E-state index contributed by atoms with van der Waals surface area (Å²) >= 11 is 7.82. The van der Waals surface area contributed by atoms with Gasteiger partial charge in [-0.1, -0.05) is 23.7 Å². The molecule has 1 fully saturated rings. The van der Waals surface area contributed by atoms with Crippen LogP contribution in [0.15, 0.2) is 53.4 Å². The van der Waals surface area contributed by atoms with Crippen molar-refractivity contribution in [3.63, 3.8) is 0 Å². The fourth-order valence-corrected chi connectivity index (χ4v) is 5.16. The van der Waals surface area contributed by atoms with E-state index in [-0.39, 0.29) is 17.8 Å². The number of ether oxygens (including phenoxy) is 2. The summed E-state index contributed by atoms with van der Waals surface area (Å²) in [5.74, 6) is 1.72. The number of likely N-dealkylation sites (N-methyl/N-ethyl adjacent to an activating group) is 1. The predicted molar refractivity (Wildman–Crippen MR) is 114 cm³/mol. The van der Waals surface area contributed by atoms with E-state index < -0.39 is 0 Å². The zero-order valence-electron chi connectivity index (χ0n) is 16.4. The Morgan fingerprint density at radius 2 is 1.96 bits per heavy atom. The second-order valence-corrected chi connectivity index (χ2v) is 8.64. The Bertz CT molecular complexity index is 799. The molecule has 2 aromatic carbocycles. The average Bonchev–Trinajstić information content (AvgIpc) is 2.73. The number of thioether (sulfide) groups is 1. The van der Waals surface area contributed by atoms with Crippen molar-refractivity contribution in [1.82, 2.24) is 4.90 Å². The number of hydrogen-bond donors (Lipinski definition) is 0. The molecule has 0 bridgehead atoms. The van der Waals surface area contributed by atoms with Crippen molar-refractivity contribution in [2.24, 2.45) is 5.92 Å². The Hall–Kier alpha value is -1.69. The molecule has 0 amide bonds. The maximum Gasteiger partial charge on any atom is 0.309 e. The number of carbonyl (C=O) groups is 1. The van der Waals surface area contributed by atoms with E-state index in [1.807, 2.05) is 48.2 Å². The molecule has 1 aliphatic heterocycles. The lowest BCUT2D eigenvalue weighted by molar-refractivity contribution is -0.148. The lowest BCUT2D eigenvalue weighted by Crippen LogP contribution is -2.49. The van der Waals surface area contributed by atoms with Crippen molar-refractivity contribution in [1.29, 1.82) is 0 Å². The summed E-state index contributed by atoms with van der Waals surface area (Å²) in [6, 6.07) is 16.4. The van der Waals surface area contributed by atoms with Crippen LogP contribution in [-0.2, 0) is 9.53 Å². The van der Waals surface area contributed by atoms with Crippen LogP contribution in [0, 0.1) is 5.92 Å². The number of rotatable bonds is 6. The van der Waals surface area contributed by atoms with Gasteiger partial charge in [0.2, 0.25) is 0 Å². The van der Waals surface area contributed by atoms with Crippen LogP contribution in [0.25, 0.3) is 0 Å². The summed E-state index contributed by atoms with van der Waals surface area (Å²) < 4.78 is 10.5. The lowest BCUT2D eigenvalue weighted by Gasteiger charge is -2.42. The Morgan fingerprint density at radius 3 is 2.64 bits per heavy atom. The standard InChI is InChI=1S/C22H26ClNO3S/c1-24-13-16(22(25)27-3)12-20(15-5-4-6-18(11-15)26-2)21(24)14-28-19-9-7-17(23)8-10-19/h4-11,16,20-21H,12-14H2,1-3H3/t16-,20+,21-/m1/s1. The molecule has 0 radical (unpaired) electrons. The van der Waals surface area contributed by atoms with Crippen LogP contribution in [0.4, 0.5) is 0 Å². The topological polar surface area (TPSA) is 38.8 Å². The summed E-state index contributed by atoms with van der Waals surface area (Å²) in [5, 5.41) is 0.745. The average molecular weight is 420 g/mol. The number of likely N-dealkylation sites (tertiary alicyclic amines) is 1. The quantitative estimate of drug-likeness (QED) is 0.500. The molecule has 0 aromatic heterocycles. The van der Waals surface area contributed by atoms with E-state index in [2.05, 4.69) is 24.1 Å². The van der Waals surface area contributed by atoms with Crippen LogP contribution in [0.1, 0.15) is 17.9 Å². The number of carbonyl (C=O) groups excluding carboxylic acids is 1. The first-order valence-electron chi connectivity index (χ1n) is 9.32. The van der Waals surface area contributed by atoms with Gasteiger partial charge in [0.15, 0.2) is 0 Å². The molecule has 0 aliphatic carbocycles. The van der Waals surface area contributed by atoms with Gasteiger partial charge in [0, 0.05) is 34.2 Å². The van der Waals surface area contributed by atoms with Gasteiger partial charge in [0.05, 0.1) is 20.1 Å². The molecule has 0 N–H and O–H groups in total. The lowest BCUT2D eigenvalue weighted by atomic mass is 9.79. The van der Waals surface area contributed by atoms with Gasteiger partial charge in [-0.05, 0) is 55.4 Å². The smallest absolute Gasteiger partial charge is 0.309 e. The fourth-order valence-electron chi connectivity index (χ4n) is 3.85. The van der Waals surface area contributed by atoms with Gasteiger partial charge in [-0.2, -0.15) is 0 Å². The largest absolute Gasteiger partial charge is 0.497 e. The summed E-state index contributed by atoms with van der Waals surface area (Å²) in [5.41, 5.74) is 1.20. The fraction of sp³-hybridized carbons (Fsp3) is 0.409. The number of halogens is 1. The van der Waals surface area contributed by atoms with Crippen molar-refractivity contribution >= 4 is 29.3 Å². The Balaban J connectivity index is 1.83. The third-order valence-corrected chi connectivity index (χ3v) is 6.73. The molecule has 0 spiro atoms. The number of hydrogen-bond acceptors (Lipinski definition) is 5. The third kappa shape index (κ3) is 5.02. The molecule has 0 saturated carbocycles. The van der Waals surface area contributed by atoms with E-state index in [0.29, 0.717) is 12.6 Å². The van der Waals surface area contributed by atoms with Crippen molar-refractivity contribution in [3.8, 4) is 5.75 Å². The van der Waals surface area contributed by atoms with Crippen LogP contribution < -0.4 is 4.74 Å². The molecule has 4 nitrogen and oxygen atoms in total. The molecule has 28 heavy (non-hydrogen) atoms. The summed E-state index contributed by atoms with van der Waals surface area (Å²) in [7, 11) is 5.23. The Labute approximate surface area is 176 Å². The highest BCUT2D eigenvalue weighted by Crippen LogP contribution is 2.38. The summed E-state index contributed by atoms with van der Waals surface area (Å²) in [4.78, 5) is 15.7. The number of piperidine rings is 1. The third-order valence-electron chi connectivity index (χ3n) is 5.37. The van der Waals surface area contributed by atoms with E-state index in [1.165, 1.54) is 17.6 Å². The zero-order valence-corrected chi connectivity index (χ0v) is 18.0. The molecular formula is C22H26ClNO3S. The maximum absolute atomic E-state index is 12.2. The maximum atomic E-state index is 12.2. The minimum absolute atomic E-state index is 0.122. The monoisotopic (exact) mass is 419 g/mol. The number of esters is 1. The summed E-state index contributed by atoms with van der Waals surface area (Å²) in [6.45, 7) is 0.707. The molecular weight excluding hydrogens is 394 g/mol. The van der Waals surface area contributed by atoms with Crippen molar-refractivity contribution in [2.75, 3.05) is 33.6 Å². The first-order valence-corrected chi connectivity index (χ1v) is 10.7. The van der Waals surface area contributed by atoms with Gasteiger partial charge in [-0.3, -0.25) is 4.79 Å². The molecule has 6 heteroatoms. The first kappa shape index (κ1) is 21.0. The highest BCUT2D eigenvalue weighted by molar-refractivity contribution is 7.99. The van der Waals surface area contributed by atoms with Crippen molar-refractivity contribution < 1.29 is 14.3 Å². The van der Waals surface area contributed by atoms with E-state index in [4.69, 9.17) is 21.1 Å². The first-order chi connectivity index (χ1) is 13.5. The number of benzene rings is 2. The van der Waals surface area contributed by atoms with Gasteiger partial charge < -0.3 is 14.4 Å². The van der Waals surface area contributed by atoms with Crippen molar-refractivity contribution in [3.05, 3.63) is 59.1 Å². The normalized spacial score (nSPS) is 22.6. The minimum Gasteiger partial charge on any atom is -0.497 e. The van der Waals surface area contributed by atoms with Crippen LogP contribution in [0.3, 0.4) is 0 Å². The molecule has 3 atom stereocenters. The molecule has 0 unspecified atom stereocenters. The molecule has 150 valence electrons. The highest BCUT2D eigenvalue weighted by Gasteiger charge is 2.38. The number of methoxy groups -OCH3 is 2. The van der Waals surface area contributed by atoms with Crippen LogP contribution in [-0.4, -0.2) is 50.5 Å². The van der Waals surface area contributed by atoms with Gasteiger partial charge >= 0.3 is 5.97 Å². The van der Waals surface area contributed by atoms with E-state index in [1.54, 1.807) is 7.11 Å². The van der Waals surface area contributed by atoms with E-state index in [9.17, 15) is 4.79 Å². The SMILES string of the molecule is COC(=O)[C@@H]1C[C@@H](c2cccc(OC)c2)[C@@H](CSc2ccc(Cl)cc2)N(C)C1. The van der Waals surface area contributed by atoms with Crippen LogP contribution in [0.5, 0.6) is 5.75 Å². The number of nitrogens with zero attached hydrogens (tertiary/aromatic N) is 1. The van der Waals surface area contributed by atoms with E-state index >= 15 is 0 Å². The second kappa shape index (κ2) is 9.68.